The van der Waals surface area contributed by atoms with Crippen molar-refractivity contribution < 1.29 is 32.9 Å². The van der Waals surface area contributed by atoms with Crippen LogP contribution in [0.4, 0.5) is 13.2 Å². The molecule has 0 aromatic heterocycles. The van der Waals surface area contributed by atoms with Gasteiger partial charge >= 0.3 is 5.97 Å². The second-order valence-corrected chi connectivity index (χ2v) is 8.30. The first-order valence-electron chi connectivity index (χ1n) is 11.4. The van der Waals surface area contributed by atoms with Gasteiger partial charge in [-0.1, -0.05) is 49.7 Å². The molecule has 0 radical (unpaired) electrons. The number of hydrogen-bond acceptors (Lipinski definition) is 4. The van der Waals surface area contributed by atoms with Crippen molar-refractivity contribution in [3.63, 3.8) is 0 Å². The monoisotopic (exact) mass is 492 g/mol. The van der Waals surface area contributed by atoms with Crippen LogP contribution in [0.2, 0.25) is 0 Å². The zero-order valence-electron chi connectivity index (χ0n) is 19.3. The minimum absolute atomic E-state index is 0.0101. The molecule has 0 aliphatic carbocycles. The predicted octanol–water partition coefficient (Wildman–Crippen LogP) is 7.20. The van der Waals surface area contributed by atoms with E-state index in [2.05, 4.69) is 0 Å². The Balaban J connectivity index is 1.51. The van der Waals surface area contributed by atoms with Crippen LogP contribution in [-0.4, -0.2) is 16.2 Å². The molecule has 36 heavy (non-hydrogen) atoms. The standard InChI is InChI=1S/C29H23F3O4/c1-2-3-25(34)19-8-4-18(5-9-19)23-14-15-26(28(32)27(23)31)36-29(35)20-10-6-17(7-11-20)22-13-12-21(33)16-24(22)30/h4-16,25,33-34H,2-3H2,1H3. The summed E-state index contributed by atoms with van der Waals surface area (Å²) in [5, 5.41) is 19.4. The molecule has 2 N–H and O–H groups in total. The van der Waals surface area contributed by atoms with Crippen molar-refractivity contribution in [1.29, 1.82) is 0 Å². The molecule has 0 saturated heterocycles. The van der Waals surface area contributed by atoms with Crippen LogP contribution in [0.3, 0.4) is 0 Å². The van der Waals surface area contributed by atoms with Gasteiger partial charge in [-0.2, -0.15) is 4.39 Å². The molecule has 1 atom stereocenters. The average molecular weight is 492 g/mol. The number of rotatable bonds is 7. The van der Waals surface area contributed by atoms with Crippen LogP contribution >= 0.6 is 0 Å². The number of hydrogen-bond donors (Lipinski definition) is 2. The van der Waals surface area contributed by atoms with E-state index >= 15 is 0 Å². The molecule has 4 aromatic carbocycles. The minimum Gasteiger partial charge on any atom is -0.508 e. The Labute approximate surface area is 206 Å². The second-order valence-electron chi connectivity index (χ2n) is 8.30. The Morgan fingerprint density at radius 3 is 2.08 bits per heavy atom. The van der Waals surface area contributed by atoms with Crippen molar-refractivity contribution in [1.82, 2.24) is 0 Å². The minimum atomic E-state index is -1.31. The average Bonchev–Trinajstić information content (AvgIpc) is 2.87. The highest BCUT2D eigenvalue weighted by Crippen LogP contribution is 2.32. The molecule has 0 saturated carbocycles. The Morgan fingerprint density at radius 1 is 0.833 bits per heavy atom. The third-order valence-corrected chi connectivity index (χ3v) is 5.80. The van der Waals surface area contributed by atoms with Gasteiger partial charge in [-0.25, -0.2) is 13.6 Å². The number of halogens is 3. The van der Waals surface area contributed by atoms with Crippen molar-refractivity contribution in [2.45, 2.75) is 25.9 Å². The van der Waals surface area contributed by atoms with Crippen LogP contribution in [0.25, 0.3) is 22.3 Å². The molecule has 7 heteroatoms. The number of aliphatic hydroxyl groups excluding tert-OH is 1. The quantitative estimate of drug-likeness (QED) is 0.212. The van der Waals surface area contributed by atoms with E-state index in [4.69, 9.17) is 4.74 Å². The summed E-state index contributed by atoms with van der Waals surface area (Å²) in [6, 6.07) is 18.4. The summed E-state index contributed by atoms with van der Waals surface area (Å²) >= 11 is 0. The van der Waals surface area contributed by atoms with Crippen LogP contribution in [0.5, 0.6) is 11.5 Å². The lowest BCUT2D eigenvalue weighted by atomic mass is 9.99. The molecular formula is C29H23F3O4. The number of phenolic OH excluding ortho intramolecular Hbond substituents is 1. The molecule has 4 nitrogen and oxygen atoms in total. The van der Waals surface area contributed by atoms with Gasteiger partial charge in [-0.15, -0.1) is 0 Å². The Morgan fingerprint density at radius 2 is 1.44 bits per heavy atom. The van der Waals surface area contributed by atoms with Gasteiger partial charge in [-0.3, -0.25) is 0 Å². The van der Waals surface area contributed by atoms with Gasteiger partial charge in [0.25, 0.3) is 0 Å². The number of carbonyl (C=O) groups is 1. The largest absolute Gasteiger partial charge is 0.508 e. The molecule has 0 aliphatic heterocycles. The predicted molar refractivity (Wildman–Crippen MR) is 130 cm³/mol. The first kappa shape index (κ1) is 25.0. The number of benzene rings is 4. The van der Waals surface area contributed by atoms with Gasteiger partial charge in [0.1, 0.15) is 11.6 Å². The van der Waals surface area contributed by atoms with Crippen LogP contribution in [0.15, 0.2) is 78.9 Å². The molecular weight excluding hydrogens is 469 g/mol. The highest BCUT2D eigenvalue weighted by atomic mass is 19.2. The lowest BCUT2D eigenvalue weighted by Gasteiger charge is -2.12. The first-order valence-corrected chi connectivity index (χ1v) is 11.4. The third kappa shape index (κ3) is 5.26. The highest BCUT2D eigenvalue weighted by Gasteiger charge is 2.19. The molecule has 0 amide bonds. The normalized spacial score (nSPS) is 11.8. The van der Waals surface area contributed by atoms with E-state index in [-0.39, 0.29) is 22.4 Å². The fourth-order valence-corrected chi connectivity index (χ4v) is 3.84. The molecule has 0 fully saturated rings. The van der Waals surface area contributed by atoms with E-state index in [1.54, 1.807) is 24.3 Å². The Kier molecular flexibility index (Phi) is 7.41. The van der Waals surface area contributed by atoms with Gasteiger partial charge in [0.2, 0.25) is 5.82 Å². The topological polar surface area (TPSA) is 66.8 Å². The lowest BCUT2D eigenvalue weighted by Crippen LogP contribution is -2.10. The van der Waals surface area contributed by atoms with E-state index in [0.29, 0.717) is 23.1 Å². The zero-order chi connectivity index (χ0) is 25.8. The fourth-order valence-electron chi connectivity index (χ4n) is 3.84. The lowest BCUT2D eigenvalue weighted by molar-refractivity contribution is 0.0726. The molecule has 4 aromatic rings. The molecule has 184 valence electrons. The SMILES string of the molecule is CCCC(O)c1ccc(-c2ccc(OC(=O)c3ccc(-c4ccc(O)cc4F)cc3)c(F)c2F)cc1. The van der Waals surface area contributed by atoms with E-state index in [1.807, 2.05) is 6.92 Å². The molecule has 0 bridgehead atoms. The maximum absolute atomic E-state index is 14.8. The first-order chi connectivity index (χ1) is 17.3. The number of aromatic hydroxyl groups is 1. The van der Waals surface area contributed by atoms with Gasteiger partial charge in [0.05, 0.1) is 11.7 Å². The molecule has 4 rings (SSSR count). The summed E-state index contributed by atoms with van der Waals surface area (Å²) < 4.78 is 48.7. The maximum Gasteiger partial charge on any atom is 0.343 e. The molecule has 0 spiro atoms. The van der Waals surface area contributed by atoms with Crippen molar-refractivity contribution in [3.05, 3.63) is 107 Å². The van der Waals surface area contributed by atoms with Gasteiger partial charge in [-0.05, 0) is 59.5 Å². The number of carbonyl (C=O) groups excluding carboxylic acids is 1. The second kappa shape index (κ2) is 10.7. The maximum atomic E-state index is 14.8. The van der Waals surface area contributed by atoms with Gasteiger partial charge in [0, 0.05) is 17.2 Å². The number of esters is 1. The number of ether oxygens (including phenoxy) is 1. The number of phenols is 1. The van der Waals surface area contributed by atoms with E-state index in [9.17, 15) is 28.2 Å². The van der Waals surface area contributed by atoms with Crippen molar-refractivity contribution >= 4 is 5.97 Å². The summed E-state index contributed by atoms with van der Waals surface area (Å²) in [6.45, 7) is 1.96. The fraction of sp³-hybridized carbons (Fsp3) is 0.138. The summed E-state index contributed by atoms with van der Waals surface area (Å²) in [5.74, 6) is -4.79. The van der Waals surface area contributed by atoms with Crippen molar-refractivity contribution in [2.24, 2.45) is 0 Å². The van der Waals surface area contributed by atoms with E-state index < -0.39 is 35.3 Å². The van der Waals surface area contributed by atoms with Crippen molar-refractivity contribution in [2.75, 3.05) is 0 Å². The summed E-state index contributed by atoms with van der Waals surface area (Å²) in [7, 11) is 0. The summed E-state index contributed by atoms with van der Waals surface area (Å²) in [5.41, 5.74) is 1.83. The van der Waals surface area contributed by atoms with Crippen LogP contribution in [-0.2, 0) is 0 Å². The van der Waals surface area contributed by atoms with Crippen LogP contribution < -0.4 is 4.74 Å². The molecule has 0 heterocycles. The van der Waals surface area contributed by atoms with E-state index in [0.717, 1.165) is 12.5 Å². The summed E-state index contributed by atoms with van der Waals surface area (Å²) in [4.78, 5) is 12.5. The van der Waals surface area contributed by atoms with Crippen molar-refractivity contribution in [3.8, 4) is 33.8 Å². The molecule has 0 aliphatic rings. The van der Waals surface area contributed by atoms with Gasteiger partial charge in [0.15, 0.2) is 11.6 Å². The highest BCUT2D eigenvalue weighted by molar-refractivity contribution is 5.91. The van der Waals surface area contributed by atoms with E-state index in [1.165, 1.54) is 48.5 Å². The van der Waals surface area contributed by atoms with Crippen LogP contribution in [0.1, 0.15) is 41.8 Å². The van der Waals surface area contributed by atoms with Crippen LogP contribution in [0, 0.1) is 17.5 Å². The third-order valence-electron chi connectivity index (χ3n) is 5.80. The zero-order valence-corrected chi connectivity index (χ0v) is 19.3. The smallest absolute Gasteiger partial charge is 0.343 e. The number of aliphatic hydroxyl groups is 1. The Hall–Kier alpha value is -4.10. The summed E-state index contributed by atoms with van der Waals surface area (Å²) in [6.07, 6.45) is 0.782. The Bertz CT molecular complexity index is 1380. The van der Waals surface area contributed by atoms with Gasteiger partial charge < -0.3 is 14.9 Å². The molecule has 1 unspecified atom stereocenters.